The zero-order chi connectivity index (χ0) is 19.2. The van der Waals surface area contributed by atoms with Gasteiger partial charge in [0.15, 0.2) is 6.61 Å². The van der Waals surface area contributed by atoms with Crippen molar-refractivity contribution in [2.45, 2.75) is 24.0 Å². The number of aromatic nitrogens is 2. The van der Waals surface area contributed by atoms with E-state index >= 15 is 0 Å². The summed E-state index contributed by atoms with van der Waals surface area (Å²) in [7, 11) is 0. The normalized spacial score (nSPS) is 11.8. The van der Waals surface area contributed by atoms with Gasteiger partial charge in [-0.05, 0) is 49.4 Å². The SMILES string of the molecule is C[C@H](Sc1nnc(COc2ccc(Cl)cc2)o1)C(=O)Nc1cccc(F)c1. The van der Waals surface area contributed by atoms with Gasteiger partial charge in [-0.2, -0.15) is 0 Å². The minimum absolute atomic E-state index is 0.0963. The molecule has 0 radical (unpaired) electrons. The van der Waals surface area contributed by atoms with Crippen LogP contribution in [-0.4, -0.2) is 21.4 Å². The van der Waals surface area contributed by atoms with Gasteiger partial charge in [0.2, 0.25) is 5.91 Å². The third kappa shape index (κ3) is 5.70. The number of nitrogens with zero attached hydrogens (tertiary/aromatic N) is 2. The van der Waals surface area contributed by atoms with Gasteiger partial charge >= 0.3 is 0 Å². The Labute approximate surface area is 164 Å². The van der Waals surface area contributed by atoms with E-state index in [1.54, 1.807) is 37.3 Å². The minimum Gasteiger partial charge on any atom is -0.484 e. The number of nitrogens with one attached hydrogen (secondary N) is 1. The largest absolute Gasteiger partial charge is 0.484 e. The fourth-order valence-corrected chi connectivity index (χ4v) is 2.86. The maximum Gasteiger partial charge on any atom is 0.277 e. The molecule has 0 aliphatic rings. The van der Waals surface area contributed by atoms with Gasteiger partial charge in [-0.1, -0.05) is 29.4 Å². The maximum absolute atomic E-state index is 13.2. The number of anilines is 1. The van der Waals surface area contributed by atoms with Crippen LogP contribution in [0.4, 0.5) is 10.1 Å². The first kappa shape index (κ1) is 19.2. The summed E-state index contributed by atoms with van der Waals surface area (Å²) in [6.07, 6.45) is 0. The number of hydrogen-bond donors (Lipinski definition) is 1. The standard InChI is InChI=1S/C18H15ClFN3O3S/c1-11(17(24)21-14-4-2-3-13(20)9-14)27-18-23-22-16(26-18)10-25-15-7-5-12(19)6-8-15/h2-9,11H,10H2,1H3,(H,21,24)/t11-/m0/s1. The van der Waals surface area contributed by atoms with Crippen LogP contribution in [0.15, 0.2) is 58.2 Å². The van der Waals surface area contributed by atoms with Crippen LogP contribution in [0.3, 0.4) is 0 Å². The van der Waals surface area contributed by atoms with E-state index in [0.717, 1.165) is 11.8 Å². The average molecular weight is 408 g/mol. The fourth-order valence-electron chi connectivity index (χ4n) is 2.03. The Bertz CT molecular complexity index is 920. The van der Waals surface area contributed by atoms with E-state index in [9.17, 15) is 9.18 Å². The molecule has 27 heavy (non-hydrogen) atoms. The average Bonchev–Trinajstić information content (AvgIpc) is 3.08. The van der Waals surface area contributed by atoms with Gasteiger partial charge < -0.3 is 14.5 Å². The molecule has 1 aromatic heterocycles. The van der Waals surface area contributed by atoms with Crippen LogP contribution in [0.5, 0.6) is 5.75 Å². The lowest BCUT2D eigenvalue weighted by Crippen LogP contribution is -2.22. The van der Waals surface area contributed by atoms with Gasteiger partial charge in [0.1, 0.15) is 11.6 Å². The van der Waals surface area contributed by atoms with Gasteiger partial charge in [0.25, 0.3) is 11.1 Å². The number of carbonyl (C=O) groups excluding carboxylic acids is 1. The Balaban J connectivity index is 1.51. The van der Waals surface area contributed by atoms with E-state index in [0.29, 0.717) is 16.5 Å². The van der Waals surface area contributed by atoms with Gasteiger partial charge in [-0.15, -0.1) is 10.2 Å². The van der Waals surface area contributed by atoms with E-state index in [4.69, 9.17) is 20.8 Å². The van der Waals surface area contributed by atoms with Crippen molar-refractivity contribution in [1.82, 2.24) is 10.2 Å². The number of thioether (sulfide) groups is 1. The number of hydrogen-bond acceptors (Lipinski definition) is 6. The van der Waals surface area contributed by atoms with Crippen molar-refractivity contribution < 1.29 is 18.3 Å². The van der Waals surface area contributed by atoms with Crippen LogP contribution in [0.1, 0.15) is 12.8 Å². The summed E-state index contributed by atoms with van der Waals surface area (Å²) >= 11 is 6.91. The topological polar surface area (TPSA) is 77.2 Å². The van der Waals surface area contributed by atoms with Crippen LogP contribution in [0.25, 0.3) is 0 Å². The third-order valence-electron chi connectivity index (χ3n) is 3.36. The van der Waals surface area contributed by atoms with E-state index < -0.39 is 11.1 Å². The summed E-state index contributed by atoms with van der Waals surface area (Å²) in [6.45, 7) is 1.78. The van der Waals surface area contributed by atoms with E-state index in [1.165, 1.54) is 18.2 Å². The third-order valence-corrected chi connectivity index (χ3v) is 4.55. The molecule has 1 amide bonds. The molecule has 1 N–H and O–H groups in total. The molecule has 0 fully saturated rings. The van der Waals surface area contributed by atoms with Crippen molar-refractivity contribution in [3.8, 4) is 5.75 Å². The molecule has 0 aliphatic heterocycles. The van der Waals surface area contributed by atoms with Crippen LogP contribution in [0, 0.1) is 5.82 Å². The summed E-state index contributed by atoms with van der Waals surface area (Å²) in [5.41, 5.74) is 0.384. The molecule has 0 unspecified atom stereocenters. The number of rotatable bonds is 7. The molecule has 0 spiro atoms. The fraction of sp³-hybridized carbons (Fsp3) is 0.167. The zero-order valence-electron chi connectivity index (χ0n) is 14.2. The molecule has 1 atom stereocenters. The zero-order valence-corrected chi connectivity index (χ0v) is 15.8. The van der Waals surface area contributed by atoms with Gasteiger partial charge in [0, 0.05) is 10.7 Å². The van der Waals surface area contributed by atoms with Gasteiger partial charge in [0.05, 0.1) is 5.25 Å². The summed E-state index contributed by atoms with van der Waals surface area (Å²) in [6, 6.07) is 12.6. The molecular weight excluding hydrogens is 393 g/mol. The first-order valence-corrected chi connectivity index (χ1v) is 9.19. The first-order chi connectivity index (χ1) is 13.0. The van der Waals surface area contributed by atoms with Gasteiger partial charge in [-0.25, -0.2) is 4.39 Å². The molecule has 6 nitrogen and oxygen atoms in total. The lowest BCUT2D eigenvalue weighted by atomic mass is 10.3. The summed E-state index contributed by atoms with van der Waals surface area (Å²) < 4.78 is 24.2. The highest BCUT2D eigenvalue weighted by Crippen LogP contribution is 2.24. The van der Waals surface area contributed by atoms with Crippen molar-refractivity contribution in [2.24, 2.45) is 0 Å². The molecule has 3 aromatic rings. The molecule has 1 heterocycles. The van der Waals surface area contributed by atoms with Crippen molar-refractivity contribution >= 4 is 35.0 Å². The molecular formula is C18H15ClFN3O3S. The minimum atomic E-state index is -0.515. The molecule has 2 aromatic carbocycles. The van der Waals surface area contributed by atoms with Crippen LogP contribution < -0.4 is 10.1 Å². The maximum atomic E-state index is 13.2. The Morgan fingerprint density at radius 1 is 1.30 bits per heavy atom. The Hall–Kier alpha value is -2.58. The second-order valence-corrected chi connectivity index (χ2v) is 7.19. The van der Waals surface area contributed by atoms with Crippen LogP contribution in [-0.2, 0) is 11.4 Å². The second kappa shape index (κ2) is 8.88. The van der Waals surface area contributed by atoms with Gasteiger partial charge in [-0.3, -0.25) is 4.79 Å². The lowest BCUT2D eigenvalue weighted by molar-refractivity contribution is -0.115. The highest BCUT2D eigenvalue weighted by molar-refractivity contribution is 8.00. The molecule has 3 rings (SSSR count). The Morgan fingerprint density at radius 2 is 2.07 bits per heavy atom. The quantitative estimate of drug-likeness (QED) is 0.578. The Morgan fingerprint density at radius 3 is 2.81 bits per heavy atom. The predicted molar refractivity (Wildman–Crippen MR) is 100 cm³/mol. The molecule has 9 heteroatoms. The predicted octanol–water partition coefficient (Wildman–Crippen LogP) is 4.56. The van der Waals surface area contributed by atoms with Crippen molar-refractivity contribution in [3.05, 3.63) is 65.3 Å². The van der Waals surface area contributed by atoms with E-state index in [1.807, 2.05) is 0 Å². The highest BCUT2D eigenvalue weighted by atomic mass is 35.5. The smallest absolute Gasteiger partial charge is 0.277 e. The van der Waals surface area contributed by atoms with E-state index in [2.05, 4.69) is 15.5 Å². The van der Waals surface area contributed by atoms with Crippen LogP contribution >= 0.6 is 23.4 Å². The molecule has 0 aliphatic carbocycles. The molecule has 0 saturated carbocycles. The Kier molecular flexibility index (Phi) is 6.31. The number of ether oxygens (including phenoxy) is 1. The summed E-state index contributed by atoms with van der Waals surface area (Å²) in [5.74, 6) is 0.179. The summed E-state index contributed by atoms with van der Waals surface area (Å²) in [4.78, 5) is 12.2. The summed E-state index contributed by atoms with van der Waals surface area (Å²) in [5, 5.41) is 10.8. The second-order valence-electron chi connectivity index (χ2n) is 5.46. The molecule has 0 saturated heterocycles. The lowest BCUT2D eigenvalue weighted by Gasteiger charge is -2.09. The van der Waals surface area contributed by atoms with Crippen molar-refractivity contribution in [2.75, 3.05) is 5.32 Å². The number of carbonyl (C=O) groups is 1. The van der Waals surface area contributed by atoms with Crippen LogP contribution in [0.2, 0.25) is 5.02 Å². The first-order valence-electron chi connectivity index (χ1n) is 7.93. The highest BCUT2D eigenvalue weighted by Gasteiger charge is 2.19. The van der Waals surface area contributed by atoms with E-state index in [-0.39, 0.29) is 23.6 Å². The number of halogens is 2. The molecule has 0 bridgehead atoms. The van der Waals surface area contributed by atoms with Crippen molar-refractivity contribution in [1.29, 1.82) is 0 Å². The number of amides is 1. The monoisotopic (exact) mass is 407 g/mol. The number of benzene rings is 2. The molecule has 140 valence electrons. The van der Waals surface area contributed by atoms with Crippen molar-refractivity contribution in [3.63, 3.8) is 0 Å².